The maximum absolute atomic E-state index is 14.8. The minimum absolute atomic E-state index is 0.000904. The van der Waals surface area contributed by atoms with Crippen LogP contribution in [-0.4, -0.2) is 35.3 Å². The Morgan fingerprint density at radius 3 is 2.53 bits per heavy atom. The molecule has 0 bridgehead atoms. The highest BCUT2D eigenvalue weighted by Gasteiger charge is 2.37. The number of nitrogens with one attached hydrogen (secondary N) is 1. The number of primary amides is 1. The van der Waals surface area contributed by atoms with E-state index in [1.54, 1.807) is 41.6 Å². The summed E-state index contributed by atoms with van der Waals surface area (Å²) in [5, 5.41) is 5.26. The molecule has 0 aliphatic heterocycles. The Labute approximate surface area is 213 Å². The van der Waals surface area contributed by atoms with Gasteiger partial charge >= 0.3 is 0 Å². The third kappa shape index (κ3) is 5.46. The van der Waals surface area contributed by atoms with Crippen molar-refractivity contribution < 1.29 is 18.8 Å². The van der Waals surface area contributed by atoms with Crippen LogP contribution >= 0.6 is 11.3 Å². The van der Waals surface area contributed by atoms with E-state index >= 15 is 0 Å². The number of thiazole rings is 1. The van der Waals surface area contributed by atoms with Crippen molar-refractivity contribution in [1.82, 2.24) is 10.3 Å². The zero-order valence-corrected chi connectivity index (χ0v) is 21.3. The fraction of sp³-hybridized carbons (Fsp3) is 0.333. The molecule has 0 radical (unpaired) electrons. The van der Waals surface area contributed by atoms with Crippen molar-refractivity contribution in [2.24, 2.45) is 11.7 Å². The number of benzene rings is 2. The number of carbonyl (C=O) groups excluding carboxylic acids is 3. The van der Waals surface area contributed by atoms with Crippen molar-refractivity contribution in [1.29, 1.82) is 0 Å². The fourth-order valence-corrected chi connectivity index (χ4v) is 4.69. The average Bonchev–Trinajstić information content (AvgIpc) is 3.52. The molecule has 3 aromatic rings. The summed E-state index contributed by atoms with van der Waals surface area (Å²) >= 11 is 1.35. The maximum Gasteiger partial charge on any atom is 0.260 e. The van der Waals surface area contributed by atoms with E-state index in [-0.39, 0.29) is 34.5 Å². The highest BCUT2D eigenvalue weighted by atomic mass is 32.1. The lowest BCUT2D eigenvalue weighted by molar-refractivity contribution is 0.0950. The number of halogens is 1. The van der Waals surface area contributed by atoms with E-state index in [2.05, 4.69) is 24.1 Å². The molecular weight excluding hydrogens is 479 g/mol. The lowest BCUT2D eigenvalue weighted by atomic mass is 9.91. The van der Waals surface area contributed by atoms with Crippen LogP contribution in [-0.2, 0) is 0 Å². The molecule has 0 atom stereocenters. The van der Waals surface area contributed by atoms with Crippen LogP contribution in [0.3, 0.4) is 0 Å². The van der Waals surface area contributed by atoms with Gasteiger partial charge in [0.1, 0.15) is 5.82 Å². The molecule has 188 valence electrons. The van der Waals surface area contributed by atoms with E-state index in [9.17, 15) is 18.8 Å². The van der Waals surface area contributed by atoms with E-state index in [0.29, 0.717) is 34.3 Å². The minimum Gasteiger partial charge on any atom is -0.366 e. The van der Waals surface area contributed by atoms with E-state index < -0.39 is 11.7 Å². The second-order valence-corrected chi connectivity index (χ2v) is 10.3. The number of nitrogens with two attached hydrogens (primary N) is 1. The van der Waals surface area contributed by atoms with Crippen LogP contribution in [0.25, 0.3) is 11.1 Å². The molecule has 1 heterocycles. The number of hydrogen-bond donors (Lipinski definition) is 2. The number of nitrogens with zero attached hydrogens (tertiary/aromatic N) is 2. The molecule has 2 aromatic carbocycles. The van der Waals surface area contributed by atoms with Crippen molar-refractivity contribution in [3.05, 3.63) is 70.0 Å². The first-order valence-corrected chi connectivity index (χ1v) is 12.8. The monoisotopic (exact) mass is 508 g/mol. The summed E-state index contributed by atoms with van der Waals surface area (Å²) in [6.07, 6.45) is 4.16. The molecule has 3 amide bonds. The Kier molecular flexibility index (Phi) is 7.49. The summed E-state index contributed by atoms with van der Waals surface area (Å²) in [7, 11) is 0. The molecule has 1 aromatic heterocycles. The van der Waals surface area contributed by atoms with Crippen molar-refractivity contribution in [3.63, 3.8) is 0 Å². The van der Waals surface area contributed by atoms with Gasteiger partial charge in [-0.3, -0.25) is 19.3 Å². The Balaban J connectivity index is 1.83. The van der Waals surface area contributed by atoms with Gasteiger partial charge in [-0.25, -0.2) is 9.37 Å². The highest BCUT2D eigenvalue weighted by molar-refractivity contribution is 7.13. The van der Waals surface area contributed by atoms with Gasteiger partial charge in [0.15, 0.2) is 5.13 Å². The lowest BCUT2D eigenvalue weighted by Gasteiger charge is -2.22. The Bertz CT molecular complexity index is 1300. The molecule has 0 spiro atoms. The smallest absolute Gasteiger partial charge is 0.260 e. The van der Waals surface area contributed by atoms with Crippen LogP contribution in [0.1, 0.15) is 69.7 Å². The van der Waals surface area contributed by atoms with Crippen molar-refractivity contribution in [3.8, 4) is 11.1 Å². The number of hydrogen-bond acceptors (Lipinski definition) is 5. The number of aromatic nitrogens is 1. The molecule has 1 fully saturated rings. The van der Waals surface area contributed by atoms with Gasteiger partial charge in [-0.05, 0) is 73.1 Å². The van der Waals surface area contributed by atoms with Crippen molar-refractivity contribution >= 4 is 34.2 Å². The average molecular weight is 509 g/mol. The first-order chi connectivity index (χ1) is 17.2. The predicted molar refractivity (Wildman–Crippen MR) is 139 cm³/mol. The van der Waals surface area contributed by atoms with Gasteiger partial charge in [-0.15, -0.1) is 11.3 Å². The molecule has 0 saturated heterocycles. The molecule has 0 unspecified atom stereocenters. The van der Waals surface area contributed by atoms with E-state index in [1.165, 1.54) is 17.4 Å². The summed E-state index contributed by atoms with van der Waals surface area (Å²) < 4.78 is 14.8. The Morgan fingerprint density at radius 2 is 1.92 bits per heavy atom. The molecule has 1 aliphatic carbocycles. The second-order valence-electron chi connectivity index (χ2n) is 9.41. The highest BCUT2D eigenvalue weighted by Crippen LogP contribution is 2.37. The zero-order chi connectivity index (χ0) is 26.0. The van der Waals surface area contributed by atoms with Gasteiger partial charge in [0, 0.05) is 40.9 Å². The van der Waals surface area contributed by atoms with Gasteiger partial charge in [0.2, 0.25) is 5.91 Å². The SMILES string of the molecule is Cc1c(F)cc(C(N)=O)cc1-c1ccc(C(=O)NCCC(C)C)cc1C(=O)N(c1nccs1)C1CC1. The third-order valence-corrected chi connectivity index (χ3v) is 6.97. The number of amides is 3. The van der Waals surface area contributed by atoms with Crippen LogP contribution in [0.15, 0.2) is 41.9 Å². The van der Waals surface area contributed by atoms with Crippen molar-refractivity contribution in [2.45, 2.75) is 46.1 Å². The van der Waals surface area contributed by atoms with Crippen LogP contribution in [0.5, 0.6) is 0 Å². The number of rotatable bonds is 9. The molecule has 1 aliphatic rings. The largest absolute Gasteiger partial charge is 0.366 e. The van der Waals surface area contributed by atoms with Crippen LogP contribution in [0.2, 0.25) is 0 Å². The third-order valence-electron chi connectivity index (χ3n) is 6.19. The van der Waals surface area contributed by atoms with E-state index in [0.717, 1.165) is 25.3 Å². The van der Waals surface area contributed by atoms with Crippen LogP contribution in [0, 0.1) is 18.7 Å². The summed E-state index contributed by atoms with van der Waals surface area (Å²) in [4.78, 5) is 44.7. The summed E-state index contributed by atoms with van der Waals surface area (Å²) in [6.45, 7) is 6.24. The first-order valence-electron chi connectivity index (χ1n) is 11.9. The maximum atomic E-state index is 14.8. The van der Waals surface area contributed by atoms with E-state index in [1.807, 2.05) is 0 Å². The topological polar surface area (TPSA) is 105 Å². The number of anilines is 1. The van der Waals surface area contributed by atoms with Gasteiger partial charge in [-0.2, -0.15) is 0 Å². The Hall–Kier alpha value is -3.59. The quantitative estimate of drug-likeness (QED) is 0.427. The predicted octanol–water partition coefficient (Wildman–Crippen LogP) is 4.94. The summed E-state index contributed by atoms with van der Waals surface area (Å²) in [5.74, 6) is -1.56. The molecule has 1 saturated carbocycles. The van der Waals surface area contributed by atoms with Gasteiger partial charge in [0.05, 0.1) is 0 Å². The first kappa shape index (κ1) is 25.5. The second kappa shape index (κ2) is 10.6. The summed E-state index contributed by atoms with van der Waals surface area (Å²) in [6, 6.07) is 7.36. The molecule has 3 N–H and O–H groups in total. The lowest BCUT2D eigenvalue weighted by Crippen LogP contribution is -2.34. The standard InChI is InChI=1S/C27H29FN4O3S/c1-15(2)8-9-30-25(34)17-4-7-20(21-13-18(24(29)33)14-23(28)16(21)3)22(12-17)26(35)32(19-5-6-19)27-31-10-11-36-27/h4,7,10-15,19H,5-6,8-9H2,1-3H3,(H2,29,33)(H,30,34). The van der Waals surface area contributed by atoms with Gasteiger partial charge in [-0.1, -0.05) is 19.9 Å². The molecule has 36 heavy (non-hydrogen) atoms. The van der Waals surface area contributed by atoms with Gasteiger partial charge < -0.3 is 11.1 Å². The normalized spacial score (nSPS) is 13.0. The Morgan fingerprint density at radius 1 is 1.17 bits per heavy atom. The van der Waals surface area contributed by atoms with E-state index in [4.69, 9.17) is 5.73 Å². The fourth-order valence-electron chi connectivity index (χ4n) is 3.98. The minimum atomic E-state index is -0.772. The zero-order valence-electron chi connectivity index (χ0n) is 20.5. The van der Waals surface area contributed by atoms with Crippen LogP contribution in [0.4, 0.5) is 9.52 Å². The molecular formula is C27H29FN4O3S. The van der Waals surface area contributed by atoms with Crippen molar-refractivity contribution in [2.75, 3.05) is 11.4 Å². The van der Waals surface area contributed by atoms with Gasteiger partial charge in [0.25, 0.3) is 11.8 Å². The number of carbonyl (C=O) groups is 3. The molecule has 4 rings (SSSR count). The summed E-state index contributed by atoms with van der Waals surface area (Å²) in [5.41, 5.74) is 7.05. The molecule has 9 heteroatoms. The van der Waals surface area contributed by atoms with Crippen LogP contribution < -0.4 is 16.0 Å². The molecule has 7 nitrogen and oxygen atoms in total.